The monoisotopic (exact) mass is 345 g/mol. The number of hydrogen-bond donors (Lipinski definition) is 5. The zero-order valence-corrected chi connectivity index (χ0v) is 13.9. The molecule has 6 N–H and O–H groups in total. The number of carboxylic acid groups (broad SMARTS) is 1. The molecule has 0 aliphatic heterocycles. The van der Waals surface area contributed by atoms with Gasteiger partial charge in [-0.2, -0.15) is 0 Å². The third-order valence-corrected chi connectivity index (χ3v) is 4.66. The van der Waals surface area contributed by atoms with Crippen LogP contribution in [0.15, 0.2) is 41.6 Å². The Morgan fingerprint density at radius 1 is 1.16 bits per heavy atom. The van der Waals surface area contributed by atoms with Crippen LogP contribution >= 0.6 is 0 Å². The summed E-state index contributed by atoms with van der Waals surface area (Å²) < 4.78 is 0. The predicted molar refractivity (Wildman–Crippen MR) is 92.1 cm³/mol. The Bertz CT molecular complexity index is 685. The molecule has 1 aliphatic carbocycles. The Morgan fingerprint density at radius 2 is 1.76 bits per heavy atom. The first kappa shape index (κ1) is 18.7. The fourth-order valence-corrected chi connectivity index (χ4v) is 3.34. The lowest BCUT2D eigenvalue weighted by molar-refractivity contribution is -0.144. The summed E-state index contributed by atoms with van der Waals surface area (Å²) >= 11 is 0. The lowest BCUT2D eigenvalue weighted by Gasteiger charge is -2.30. The molecule has 0 saturated heterocycles. The Morgan fingerprint density at radius 3 is 2.32 bits per heavy atom. The Kier molecular flexibility index (Phi) is 6.30. The van der Waals surface area contributed by atoms with E-state index in [9.17, 15) is 14.7 Å². The smallest absolute Gasteiger partial charge is 0.307 e. The summed E-state index contributed by atoms with van der Waals surface area (Å²) in [5.41, 5.74) is 8.99. The number of amides is 1. The van der Waals surface area contributed by atoms with Gasteiger partial charge in [-0.05, 0) is 18.4 Å². The first-order chi connectivity index (χ1) is 12.0. The van der Waals surface area contributed by atoms with Gasteiger partial charge in [-0.3, -0.25) is 20.2 Å². The molecule has 1 fully saturated rings. The van der Waals surface area contributed by atoms with Gasteiger partial charge in [0.2, 0.25) is 5.91 Å². The molecule has 1 amide bonds. The molecular formula is C18H23N3O4. The fraction of sp³-hybridized carbons (Fsp3) is 0.389. The largest absolute Gasteiger partial charge is 0.481 e. The number of carboxylic acids is 1. The molecule has 0 radical (unpaired) electrons. The van der Waals surface area contributed by atoms with Crippen molar-refractivity contribution in [2.24, 2.45) is 17.6 Å². The maximum atomic E-state index is 11.7. The molecule has 1 aromatic rings. The van der Waals surface area contributed by atoms with E-state index in [1.807, 2.05) is 6.07 Å². The van der Waals surface area contributed by atoms with Crippen LogP contribution in [-0.4, -0.2) is 27.9 Å². The molecule has 2 unspecified atom stereocenters. The summed E-state index contributed by atoms with van der Waals surface area (Å²) in [6.07, 6.45) is 2.53. The summed E-state index contributed by atoms with van der Waals surface area (Å²) in [5, 5.41) is 26.7. The summed E-state index contributed by atoms with van der Waals surface area (Å²) in [6, 6.07) is 8.80. The van der Waals surface area contributed by atoms with Crippen molar-refractivity contribution in [2.45, 2.75) is 32.1 Å². The Labute approximate surface area is 146 Å². The molecule has 0 spiro atoms. The number of hydrogen-bond acceptors (Lipinski definition) is 5. The van der Waals surface area contributed by atoms with Crippen LogP contribution in [0.5, 0.6) is 0 Å². The van der Waals surface area contributed by atoms with Crippen molar-refractivity contribution in [3.8, 4) is 0 Å². The van der Waals surface area contributed by atoms with E-state index >= 15 is 0 Å². The maximum absolute atomic E-state index is 11.7. The predicted octanol–water partition coefficient (Wildman–Crippen LogP) is 2.05. The van der Waals surface area contributed by atoms with Crippen molar-refractivity contribution in [1.29, 1.82) is 5.41 Å². The molecule has 134 valence electrons. The first-order valence-corrected chi connectivity index (χ1v) is 8.24. The number of carbonyl (C=O) groups is 2. The zero-order chi connectivity index (χ0) is 18.4. The quantitative estimate of drug-likeness (QED) is 0.305. The van der Waals surface area contributed by atoms with Crippen LogP contribution in [0.1, 0.15) is 37.7 Å². The standard InChI is InChI=1S/C18H23N3O4/c19-16(11-6-2-1-3-7-11)14(10-15(22)21-25)17(20)12-8-4-5-9-13(12)18(23)24/h1-3,6-7,12-13,19,25H,4-5,8-10,20H2,(H,21,22)(H,23,24)/b17-14-,19-16?. The van der Waals surface area contributed by atoms with Crippen molar-refractivity contribution in [3.05, 3.63) is 47.2 Å². The highest BCUT2D eigenvalue weighted by atomic mass is 16.5. The van der Waals surface area contributed by atoms with Crippen LogP contribution in [0.2, 0.25) is 0 Å². The van der Waals surface area contributed by atoms with E-state index in [4.69, 9.17) is 16.4 Å². The number of carbonyl (C=O) groups excluding carboxylic acids is 1. The van der Waals surface area contributed by atoms with Gasteiger partial charge in [-0.25, -0.2) is 5.48 Å². The summed E-state index contributed by atoms with van der Waals surface area (Å²) in [5.74, 6) is -2.65. The van der Waals surface area contributed by atoms with Gasteiger partial charge in [0.05, 0.1) is 18.1 Å². The van der Waals surface area contributed by atoms with Crippen LogP contribution in [0, 0.1) is 17.2 Å². The first-order valence-electron chi connectivity index (χ1n) is 8.24. The SMILES string of the molecule is N=C(/C(CC(=O)NO)=C(\N)C1CCCCC1C(=O)O)c1ccccc1. The lowest BCUT2D eigenvalue weighted by atomic mass is 9.75. The molecule has 1 aromatic carbocycles. The molecule has 2 rings (SSSR count). The number of hydroxylamine groups is 1. The van der Waals surface area contributed by atoms with Gasteiger partial charge in [0, 0.05) is 17.2 Å². The second kappa shape index (κ2) is 8.43. The molecule has 7 nitrogen and oxygen atoms in total. The van der Waals surface area contributed by atoms with Crippen molar-refractivity contribution in [2.75, 3.05) is 0 Å². The number of rotatable bonds is 6. The Hall–Kier alpha value is -2.67. The van der Waals surface area contributed by atoms with E-state index in [0.717, 1.165) is 12.8 Å². The minimum absolute atomic E-state index is 0.0661. The number of benzene rings is 1. The van der Waals surface area contributed by atoms with Crippen LogP contribution in [0.3, 0.4) is 0 Å². The van der Waals surface area contributed by atoms with Crippen molar-refractivity contribution in [3.63, 3.8) is 0 Å². The minimum Gasteiger partial charge on any atom is -0.481 e. The third-order valence-electron chi connectivity index (χ3n) is 4.66. The summed E-state index contributed by atoms with van der Waals surface area (Å²) in [4.78, 5) is 23.3. The minimum atomic E-state index is -0.912. The second-order valence-electron chi connectivity index (χ2n) is 6.22. The van der Waals surface area contributed by atoms with Crippen LogP contribution in [0.25, 0.3) is 0 Å². The van der Waals surface area contributed by atoms with Crippen molar-refractivity contribution >= 4 is 17.6 Å². The van der Waals surface area contributed by atoms with E-state index in [2.05, 4.69) is 0 Å². The molecule has 7 heteroatoms. The number of nitrogens with two attached hydrogens (primary N) is 1. The van der Waals surface area contributed by atoms with E-state index in [0.29, 0.717) is 18.4 Å². The van der Waals surface area contributed by atoms with Gasteiger partial charge < -0.3 is 10.8 Å². The summed E-state index contributed by atoms with van der Waals surface area (Å²) in [6.45, 7) is 0. The van der Waals surface area contributed by atoms with Gasteiger partial charge in [0.15, 0.2) is 0 Å². The second-order valence-corrected chi connectivity index (χ2v) is 6.22. The van der Waals surface area contributed by atoms with E-state index in [-0.39, 0.29) is 23.4 Å². The van der Waals surface area contributed by atoms with Crippen LogP contribution < -0.4 is 11.2 Å². The molecule has 1 saturated carbocycles. The number of allylic oxidation sites excluding steroid dienone is 1. The molecule has 1 aliphatic rings. The number of aliphatic carboxylic acids is 1. The number of nitrogens with one attached hydrogen (secondary N) is 2. The molecule has 0 aromatic heterocycles. The highest BCUT2D eigenvalue weighted by molar-refractivity contribution is 6.13. The van der Waals surface area contributed by atoms with Crippen molar-refractivity contribution < 1.29 is 19.9 Å². The average Bonchev–Trinajstić information content (AvgIpc) is 2.65. The van der Waals surface area contributed by atoms with E-state index in [1.54, 1.807) is 29.7 Å². The van der Waals surface area contributed by atoms with Crippen LogP contribution in [0.4, 0.5) is 0 Å². The van der Waals surface area contributed by atoms with Gasteiger partial charge in [0.25, 0.3) is 0 Å². The van der Waals surface area contributed by atoms with Gasteiger partial charge in [0.1, 0.15) is 0 Å². The normalized spacial score (nSPS) is 21.2. The fourth-order valence-electron chi connectivity index (χ4n) is 3.34. The van der Waals surface area contributed by atoms with Crippen molar-refractivity contribution in [1.82, 2.24) is 5.48 Å². The molecule has 0 heterocycles. The van der Waals surface area contributed by atoms with Gasteiger partial charge in [-0.15, -0.1) is 0 Å². The maximum Gasteiger partial charge on any atom is 0.307 e. The molecule has 25 heavy (non-hydrogen) atoms. The highest BCUT2D eigenvalue weighted by Gasteiger charge is 2.34. The highest BCUT2D eigenvalue weighted by Crippen LogP contribution is 2.35. The van der Waals surface area contributed by atoms with Crippen LogP contribution in [-0.2, 0) is 9.59 Å². The third kappa shape index (κ3) is 4.45. The van der Waals surface area contributed by atoms with E-state index in [1.165, 1.54) is 0 Å². The Balaban J connectivity index is 2.44. The lowest BCUT2D eigenvalue weighted by Crippen LogP contribution is -2.33. The van der Waals surface area contributed by atoms with E-state index < -0.39 is 23.7 Å². The zero-order valence-electron chi connectivity index (χ0n) is 13.9. The summed E-state index contributed by atoms with van der Waals surface area (Å²) in [7, 11) is 0. The topological polar surface area (TPSA) is 136 Å². The molecule has 2 atom stereocenters. The molecule has 0 bridgehead atoms. The van der Waals surface area contributed by atoms with Gasteiger partial charge >= 0.3 is 5.97 Å². The molecular weight excluding hydrogens is 322 g/mol. The van der Waals surface area contributed by atoms with Gasteiger partial charge in [-0.1, -0.05) is 43.2 Å². The average molecular weight is 345 g/mol.